The van der Waals surface area contributed by atoms with Crippen molar-refractivity contribution in [2.75, 3.05) is 13.7 Å². The van der Waals surface area contributed by atoms with Crippen LogP contribution in [0.1, 0.15) is 9.80 Å². The quantitative estimate of drug-likeness (QED) is 0.532. The molecule has 2 aromatic carbocycles. The van der Waals surface area contributed by atoms with Gasteiger partial charge in [-0.15, -0.1) is 11.3 Å². The zero-order valence-electron chi connectivity index (χ0n) is 15.7. The van der Waals surface area contributed by atoms with Gasteiger partial charge in [-0.1, -0.05) is 12.1 Å². The highest BCUT2D eigenvalue weighted by molar-refractivity contribution is 7.20. The fourth-order valence-corrected chi connectivity index (χ4v) is 3.73. The SMILES string of the molecule is COc1ccc(-c2ccc(=O)n(CCNC(=O)c3nc4ccccc4s3)n2)cc1. The zero-order chi connectivity index (χ0) is 20.2. The number of hydrogen-bond donors (Lipinski definition) is 1. The van der Waals surface area contributed by atoms with Crippen LogP contribution in [-0.4, -0.2) is 34.3 Å². The molecule has 0 saturated carbocycles. The van der Waals surface area contributed by atoms with Crippen LogP contribution in [0.3, 0.4) is 0 Å². The first-order valence-electron chi connectivity index (χ1n) is 9.00. The van der Waals surface area contributed by atoms with Crippen molar-refractivity contribution in [3.05, 3.63) is 76.0 Å². The number of para-hydroxylation sites is 1. The predicted octanol–water partition coefficient (Wildman–Crippen LogP) is 2.96. The number of fused-ring (bicyclic) bond motifs is 1. The van der Waals surface area contributed by atoms with Gasteiger partial charge in [-0.3, -0.25) is 9.59 Å². The topological polar surface area (TPSA) is 86.1 Å². The van der Waals surface area contributed by atoms with Gasteiger partial charge < -0.3 is 10.1 Å². The normalized spacial score (nSPS) is 10.8. The van der Waals surface area contributed by atoms with E-state index in [0.29, 0.717) is 10.7 Å². The summed E-state index contributed by atoms with van der Waals surface area (Å²) < 4.78 is 7.47. The Hall–Kier alpha value is -3.52. The van der Waals surface area contributed by atoms with Crippen molar-refractivity contribution in [2.24, 2.45) is 0 Å². The molecule has 0 saturated heterocycles. The van der Waals surface area contributed by atoms with E-state index in [4.69, 9.17) is 4.74 Å². The maximum atomic E-state index is 12.4. The number of methoxy groups -OCH3 is 1. The number of aromatic nitrogens is 3. The average molecular weight is 406 g/mol. The minimum Gasteiger partial charge on any atom is -0.497 e. The van der Waals surface area contributed by atoms with E-state index in [1.807, 2.05) is 48.5 Å². The van der Waals surface area contributed by atoms with Crippen molar-refractivity contribution in [1.29, 1.82) is 0 Å². The molecule has 0 unspecified atom stereocenters. The molecule has 0 aliphatic carbocycles. The van der Waals surface area contributed by atoms with E-state index in [-0.39, 0.29) is 24.6 Å². The Morgan fingerprint density at radius 2 is 1.90 bits per heavy atom. The van der Waals surface area contributed by atoms with Crippen LogP contribution in [0.25, 0.3) is 21.5 Å². The second-order valence-electron chi connectivity index (χ2n) is 6.25. The third-order valence-corrected chi connectivity index (χ3v) is 5.38. The van der Waals surface area contributed by atoms with Gasteiger partial charge in [0.15, 0.2) is 5.01 Å². The van der Waals surface area contributed by atoms with Crippen molar-refractivity contribution < 1.29 is 9.53 Å². The summed E-state index contributed by atoms with van der Waals surface area (Å²) in [5.74, 6) is 0.491. The third-order valence-electron chi connectivity index (χ3n) is 4.35. The molecule has 1 N–H and O–H groups in total. The smallest absolute Gasteiger partial charge is 0.280 e. The van der Waals surface area contributed by atoms with Gasteiger partial charge in [0.2, 0.25) is 0 Å². The second-order valence-corrected chi connectivity index (χ2v) is 7.28. The van der Waals surface area contributed by atoms with Gasteiger partial charge in [-0.05, 0) is 42.5 Å². The molecule has 7 nitrogen and oxygen atoms in total. The first-order chi connectivity index (χ1) is 14.1. The number of carbonyl (C=O) groups excluding carboxylic acids is 1. The van der Waals surface area contributed by atoms with E-state index < -0.39 is 0 Å². The number of rotatable bonds is 6. The Kier molecular flexibility index (Phi) is 5.35. The van der Waals surface area contributed by atoms with Crippen LogP contribution in [0.4, 0.5) is 0 Å². The van der Waals surface area contributed by atoms with Gasteiger partial charge in [0.1, 0.15) is 5.75 Å². The number of amides is 1. The molecular weight excluding hydrogens is 388 g/mol. The van der Waals surface area contributed by atoms with Gasteiger partial charge in [-0.2, -0.15) is 5.10 Å². The molecule has 0 atom stereocenters. The minimum atomic E-state index is -0.259. The number of carbonyl (C=O) groups is 1. The number of nitrogens with zero attached hydrogens (tertiary/aromatic N) is 3. The standard InChI is InChI=1S/C21H18N4O3S/c1-28-15-8-6-14(7-9-15)16-10-11-19(26)25(24-16)13-12-22-20(27)21-23-17-4-2-3-5-18(17)29-21/h2-11H,12-13H2,1H3,(H,22,27). The molecule has 1 amide bonds. The Labute approximate surface area is 170 Å². The molecule has 4 rings (SSSR count). The molecule has 0 radical (unpaired) electrons. The third kappa shape index (κ3) is 4.17. The van der Waals surface area contributed by atoms with E-state index >= 15 is 0 Å². The van der Waals surface area contributed by atoms with E-state index in [1.165, 1.54) is 22.1 Å². The number of hydrogen-bond acceptors (Lipinski definition) is 6. The van der Waals surface area contributed by atoms with Crippen molar-refractivity contribution in [1.82, 2.24) is 20.1 Å². The number of ether oxygens (including phenoxy) is 1. The van der Waals surface area contributed by atoms with Crippen molar-refractivity contribution in [2.45, 2.75) is 6.54 Å². The van der Waals surface area contributed by atoms with E-state index in [9.17, 15) is 9.59 Å². The highest BCUT2D eigenvalue weighted by Crippen LogP contribution is 2.21. The minimum absolute atomic E-state index is 0.225. The summed E-state index contributed by atoms with van der Waals surface area (Å²) in [6, 6.07) is 18.2. The molecule has 0 fully saturated rings. The summed E-state index contributed by atoms with van der Waals surface area (Å²) >= 11 is 1.34. The number of nitrogens with one attached hydrogen (secondary N) is 1. The summed E-state index contributed by atoms with van der Waals surface area (Å²) in [4.78, 5) is 28.8. The number of thiazole rings is 1. The van der Waals surface area contributed by atoms with E-state index in [1.54, 1.807) is 13.2 Å². The molecule has 0 spiro atoms. The predicted molar refractivity (Wildman–Crippen MR) is 112 cm³/mol. The molecule has 146 valence electrons. The molecule has 2 heterocycles. The van der Waals surface area contributed by atoms with Crippen LogP contribution in [0.5, 0.6) is 5.75 Å². The molecule has 0 bridgehead atoms. The molecular formula is C21H18N4O3S. The molecule has 8 heteroatoms. The Morgan fingerprint density at radius 3 is 2.66 bits per heavy atom. The second kappa shape index (κ2) is 8.24. The first-order valence-corrected chi connectivity index (χ1v) is 9.82. The van der Waals surface area contributed by atoms with Gasteiger partial charge in [0, 0.05) is 18.2 Å². The van der Waals surface area contributed by atoms with E-state index in [0.717, 1.165) is 21.5 Å². The van der Waals surface area contributed by atoms with Crippen LogP contribution in [0.2, 0.25) is 0 Å². The van der Waals surface area contributed by atoms with Gasteiger partial charge >= 0.3 is 0 Å². The summed E-state index contributed by atoms with van der Waals surface area (Å²) in [7, 11) is 1.61. The summed E-state index contributed by atoms with van der Waals surface area (Å²) in [6.07, 6.45) is 0. The average Bonchev–Trinajstić information content (AvgIpc) is 3.19. The highest BCUT2D eigenvalue weighted by atomic mass is 32.1. The molecule has 4 aromatic rings. The molecule has 0 aliphatic rings. The fourth-order valence-electron chi connectivity index (χ4n) is 2.85. The lowest BCUT2D eigenvalue weighted by molar-refractivity contribution is 0.0951. The monoisotopic (exact) mass is 406 g/mol. The Morgan fingerprint density at radius 1 is 1.10 bits per heavy atom. The van der Waals surface area contributed by atoms with Crippen LogP contribution in [-0.2, 0) is 6.54 Å². The summed E-state index contributed by atoms with van der Waals surface area (Å²) in [5.41, 5.74) is 2.12. The van der Waals surface area contributed by atoms with Gasteiger partial charge in [-0.25, -0.2) is 9.67 Å². The molecule has 29 heavy (non-hydrogen) atoms. The van der Waals surface area contributed by atoms with Crippen molar-refractivity contribution >= 4 is 27.5 Å². The Bertz CT molecular complexity index is 1180. The first kappa shape index (κ1) is 18.8. The lowest BCUT2D eigenvalue weighted by atomic mass is 10.1. The lowest BCUT2D eigenvalue weighted by Crippen LogP contribution is -2.31. The van der Waals surface area contributed by atoms with Crippen LogP contribution < -0.4 is 15.6 Å². The summed E-state index contributed by atoms with van der Waals surface area (Å²) in [6.45, 7) is 0.535. The molecule has 2 aromatic heterocycles. The van der Waals surface area contributed by atoms with Crippen molar-refractivity contribution in [3.63, 3.8) is 0 Å². The summed E-state index contributed by atoms with van der Waals surface area (Å²) in [5, 5.41) is 7.61. The molecule has 0 aliphatic heterocycles. The van der Waals surface area contributed by atoms with E-state index in [2.05, 4.69) is 15.4 Å². The highest BCUT2D eigenvalue weighted by Gasteiger charge is 2.12. The fraction of sp³-hybridized carbons (Fsp3) is 0.143. The number of benzene rings is 2. The Balaban J connectivity index is 1.43. The zero-order valence-corrected chi connectivity index (χ0v) is 16.5. The maximum absolute atomic E-state index is 12.4. The maximum Gasteiger partial charge on any atom is 0.280 e. The van der Waals surface area contributed by atoms with Crippen molar-refractivity contribution in [3.8, 4) is 17.0 Å². The van der Waals surface area contributed by atoms with Gasteiger partial charge in [0.05, 0.1) is 29.6 Å². The van der Waals surface area contributed by atoms with Crippen LogP contribution in [0.15, 0.2) is 65.5 Å². The largest absolute Gasteiger partial charge is 0.497 e. The van der Waals surface area contributed by atoms with Crippen LogP contribution >= 0.6 is 11.3 Å². The lowest BCUT2D eigenvalue weighted by Gasteiger charge is -2.08. The van der Waals surface area contributed by atoms with Crippen LogP contribution in [0, 0.1) is 0 Å². The van der Waals surface area contributed by atoms with Gasteiger partial charge in [0.25, 0.3) is 11.5 Å².